The van der Waals surface area contributed by atoms with Crippen molar-refractivity contribution >= 4 is 33.5 Å². The van der Waals surface area contributed by atoms with Gasteiger partial charge in [-0.05, 0) is 74.7 Å². The number of rotatable bonds is 6. The van der Waals surface area contributed by atoms with Crippen LogP contribution in [-0.2, 0) is 0 Å². The summed E-state index contributed by atoms with van der Waals surface area (Å²) >= 11 is 0. The van der Waals surface area contributed by atoms with E-state index in [9.17, 15) is 4.79 Å². The fourth-order valence-electron chi connectivity index (χ4n) is 3.57. The van der Waals surface area contributed by atoms with Gasteiger partial charge in [-0.2, -0.15) is 0 Å². The Bertz CT molecular complexity index is 1240. The first kappa shape index (κ1) is 20.0. The van der Waals surface area contributed by atoms with Gasteiger partial charge in [-0.15, -0.1) is 0 Å². The van der Waals surface area contributed by atoms with Gasteiger partial charge < -0.3 is 14.5 Å². The summed E-state index contributed by atoms with van der Waals surface area (Å²) in [5, 5.41) is 4.80. The van der Waals surface area contributed by atoms with Gasteiger partial charge in [0.15, 0.2) is 5.76 Å². The van der Waals surface area contributed by atoms with Gasteiger partial charge in [0.25, 0.3) is 5.91 Å². The van der Waals surface area contributed by atoms with Gasteiger partial charge in [-0.3, -0.25) is 9.78 Å². The monoisotopic (exact) mass is 402 g/mol. The number of aromatic nitrogens is 1. The minimum absolute atomic E-state index is 0.274. The smallest absolute Gasteiger partial charge is 0.291 e. The van der Waals surface area contributed by atoms with Gasteiger partial charge in [-0.1, -0.05) is 13.3 Å². The average Bonchev–Trinajstić information content (AvgIpc) is 3.05. The number of ether oxygens (including phenoxy) is 1. The highest BCUT2D eigenvalue weighted by atomic mass is 16.5. The molecule has 1 amide bonds. The van der Waals surface area contributed by atoms with Crippen molar-refractivity contribution in [3.05, 3.63) is 65.0 Å². The van der Waals surface area contributed by atoms with Crippen LogP contribution < -0.4 is 10.1 Å². The van der Waals surface area contributed by atoms with Crippen molar-refractivity contribution in [1.29, 1.82) is 0 Å². The van der Waals surface area contributed by atoms with E-state index in [1.165, 1.54) is 5.56 Å². The Morgan fingerprint density at radius 1 is 1.10 bits per heavy atom. The van der Waals surface area contributed by atoms with E-state index in [1.807, 2.05) is 44.2 Å². The molecule has 30 heavy (non-hydrogen) atoms. The van der Waals surface area contributed by atoms with Crippen LogP contribution in [0.5, 0.6) is 5.75 Å². The normalized spacial score (nSPS) is 11.2. The van der Waals surface area contributed by atoms with E-state index in [4.69, 9.17) is 9.15 Å². The summed E-state index contributed by atoms with van der Waals surface area (Å²) < 4.78 is 11.8. The van der Waals surface area contributed by atoms with E-state index in [2.05, 4.69) is 30.2 Å². The third-order valence-corrected chi connectivity index (χ3v) is 5.50. The van der Waals surface area contributed by atoms with E-state index >= 15 is 0 Å². The minimum Gasteiger partial charge on any atom is -0.491 e. The second-order valence-electron chi connectivity index (χ2n) is 7.66. The molecule has 0 aliphatic carbocycles. The Hall–Kier alpha value is -3.34. The molecule has 0 saturated carbocycles. The van der Waals surface area contributed by atoms with E-state index in [0.717, 1.165) is 51.6 Å². The molecule has 0 atom stereocenters. The summed E-state index contributed by atoms with van der Waals surface area (Å²) in [5.74, 6) is 0.780. The lowest BCUT2D eigenvalue weighted by molar-refractivity contribution is 0.0998. The summed E-state index contributed by atoms with van der Waals surface area (Å²) in [5.41, 5.74) is 5.30. The van der Waals surface area contributed by atoms with Crippen LogP contribution in [0.1, 0.15) is 47.0 Å². The molecule has 0 aliphatic heterocycles. The molecule has 0 aliphatic rings. The lowest BCUT2D eigenvalue weighted by atomic mass is 10.0. The Morgan fingerprint density at radius 2 is 1.90 bits per heavy atom. The fraction of sp³-hybridized carbons (Fsp3) is 0.280. The van der Waals surface area contributed by atoms with E-state index < -0.39 is 0 Å². The zero-order valence-corrected chi connectivity index (χ0v) is 17.8. The average molecular weight is 402 g/mol. The molecule has 0 radical (unpaired) electrons. The minimum atomic E-state index is -0.274. The SMILES string of the molecule is CCCCOc1ccc(NC(=O)c2oc3cc(C)c(C)cc3c2C)c2cccnc12. The van der Waals surface area contributed by atoms with Gasteiger partial charge in [0.05, 0.1) is 12.3 Å². The predicted molar refractivity (Wildman–Crippen MR) is 121 cm³/mol. The molecule has 4 aromatic rings. The topological polar surface area (TPSA) is 64.4 Å². The van der Waals surface area contributed by atoms with Crippen molar-refractivity contribution in [2.75, 3.05) is 11.9 Å². The maximum Gasteiger partial charge on any atom is 0.291 e. The second-order valence-corrected chi connectivity index (χ2v) is 7.66. The summed E-state index contributed by atoms with van der Waals surface area (Å²) in [6, 6.07) is 11.6. The molecular formula is C25H26N2O3. The third kappa shape index (κ3) is 3.63. The number of aryl methyl sites for hydroxylation is 3. The van der Waals surface area contributed by atoms with Gasteiger partial charge in [0, 0.05) is 22.5 Å². The molecule has 2 aromatic carbocycles. The number of pyridine rings is 1. The largest absolute Gasteiger partial charge is 0.491 e. The number of hydrogen-bond acceptors (Lipinski definition) is 4. The molecule has 0 unspecified atom stereocenters. The van der Waals surface area contributed by atoms with E-state index in [1.54, 1.807) is 6.20 Å². The molecule has 4 rings (SSSR count). The lowest BCUT2D eigenvalue weighted by Crippen LogP contribution is -2.12. The Balaban J connectivity index is 1.68. The summed E-state index contributed by atoms with van der Waals surface area (Å²) in [4.78, 5) is 17.5. The molecule has 2 heterocycles. The second kappa shape index (κ2) is 8.19. The van der Waals surface area contributed by atoms with Crippen LogP contribution in [0, 0.1) is 20.8 Å². The molecule has 0 fully saturated rings. The Kier molecular flexibility index (Phi) is 5.44. The van der Waals surface area contributed by atoms with Crippen molar-refractivity contribution in [2.45, 2.75) is 40.5 Å². The summed E-state index contributed by atoms with van der Waals surface area (Å²) in [6.07, 6.45) is 3.78. The highest BCUT2D eigenvalue weighted by Gasteiger charge is 2.20. The van der Waals surface area contributed by atoms with Crippen LogP contribution >= 0.6 is 0 Å². The first-order chi connectivity index (χ1) is 14.5. The zero-order valence-electron chi connectivity index (χ0n) is 17.8. The third-order valence-electron chi connectivity index (χ3n) is 5.50. The van der Waals surface area contributed by atoms with Crippen molar-refractivity contribution in [2.24, 2.45) is 0 Å². The van der Waals surface area contributed by atoms with Gasteiger partial charge in [0.2, 0.25) is 0 Å². The number of amides is 1. The molecule has 0 spiro atoms. The summed E-state index contributed by atoms with van der Waals surface area (Å²) in [7, 11) is 0. The highest BCUT2D eigenvalue weighted by Crippen LogP contribution is 2.32. The zero-order chi connectivity index (χ0) is 21.3. The Morgan fingerprint density at radius 3 is 2.70 bits per heavy atom. The van der Waals surface area contributed by atoms with Gasteiger partial charge in [0.1, 0.15) is 16.8 Å². The number of benzene rings is 2. The number of fused-ring (bicyclic) bond motifs is 2. The van der Waals surface area contributed by atoms with Crippen LogP contribution in [0.3, 0.4) is 0 Å². The lowest BCUT2D eigenvalue weighted by Gasteiger charge is -2.12. The van der Waals surface area contributed by atoms with E-state index in [0.29, 0.717) is 18.1 Å². The van der Waals surface area contributed by atoms with Crippen molar-refractivity contribution in [1.82, 2.24) is 4.98 Å². The first-order valence-corrected chi connectivity index (χ1v) is 10.3. The van der Waals surface area contributed by atoms with Crippen molar-refractivity contribution in [3.63, 3.8) is 0 Å². The molecule has 5 heteroatoms. The number of carbonyl (C=O) groups excluding carboxylic acids is 1. The molecule has 154 valence electrons. The van der Waals surface area contributed by atoms with Gasteiger partial charge >= 0.3 is 0 Å². The quantitative estimate of drug-likeness (QED) is 0.382. The number of furan rings is 1. The maximum atomic E-state index is 13.1. The van der Waals surface area contributed by atoms with Crippen LogP contribution in [0.2, 0.25) is 0 Å². The van der Waals surface area contributed by atoms with Crippen LogP contribution in [0.15, 0.2) is 47.0 Å². The summed E-state index contributed by atoms with van der Waals surface area (Å²) in [6.45, 7) is 8.78. The molecule has 5 nitrogen and oxygen atoms in total. The molecule has 0 saturated heterocycles. The number of anilines is 1. The predicted octanol–water partition coefficient (Wildman–Crippen LogP) is 6.34. The first-order valence-electron chi connectivity index (χ1n) is 10.3. The number of nitrogens with zero attached hydrogens (tertiary/aromatic N) is 1. The molecule has 0 bridgehead atoms. The van der Waals surface area contributed by atoms with Crippen LogP contribution in [0.4, 0.5) is 5.69 Å². The molecule has 2 aromatic heterocycles. The van der Waals surface area contributed by atoms with Crippen molar-refractivity contribution < 1.29 is 13.9 Å². The number of carbonyl (C=O) groups is 1. The number of unbranched alkanes of at least 4 members (excludes halogenated alkanes) is 1. The number of hydrogen-bond donors (Lipinski definition) is 1. The van der Waals surface area contributed by atoms with Gasteiger partial charge in [-0.25, -0.2) is 0 Å². The van der Waals surface area contributed by atoms with Crippen LogP contribution in [0.25, 0.3) is 21.9 Å². The van der Waals surface area contributed by atoms with Crippen LogP contribution in [-0.4, -0.2) is 17.5 Å². The maximum absolute atomic E-state index is 13.1. The molecular weight excluding hydrogens is 376 g/mol. The number of nitrogens with one attached hydrogen (secondary N) is 1. The highest BCUT2D eigenvalue weighted by molar-refractivity contribution is 6.10. The Labute approximate surface area is 176 Å². The standard InChI is InChI=1S/C25H26N2O3/c1-5-6-12-29-21-10-9-20(18-8-7-11-26-23(18)21)27-25(28)24-17(4)19-13-15(2)16(3)14-22(19)30-24/h7-11,13-14H,5-6,12H2,1-4H3,(H,27,28). The fourth-order valence-corrected chi connectivity index (χ4v) is 3.57. The molecule has 1 N–H and O–H groups in total. The van der Waals surface area contributed by atoms with E-state index in [-0.39, 0.29) is 5.91 Å². The van der Waals surface area contributed by atoms with Crippen molar-refractivity contribution in [3.8, 4) is 5.75 Å².